The number of nitrogens with one attached hydrogen (secondary N) is 1. The largest absolute Gasteiger partial charge is 0.352 e. The predicted molar refractivity (Wildman–Crippen MR) is 116 cm³/mol. The average molecular weight is 396 g/mol. The number of benzene rings is 1. The molecule has 5 heteroatoms. The van der Waals surface area contributed by atoms with E-state index < -0.39 is 0 Å². The van der Waals surface area contributed by atoms with Gasteiger partial charge in [0.2, 0.25) is 0 Å². The molecule has 5 nitrogen and oxygen atoms in total. The molecule has 2 amide bonds. The summed E-state index contributed by atoms with van der Waals surface area (Å²) < 4.78 is 0. The van der Waals surface area contributed by atoms with Crippen LogP contribution in [0.25, 0.3) is 0 Å². The number of allylic oxidation sites excluding steroid dienone is 1. The quantitative estimate of drug-likeness (QED) is 0.748. The zero-order valence-electron chi connectivity index (χ0n) is 17.6. The van der Waals surface area contributed by atoms with Crippen LogP contribution in [-0.2, 0) is 0 Å². The van der Waals surface area contributed by atoms with Crippen LogP contribution in [0, 0.1) is 0 Å². The van der Waals surface area contributed by atoms with Crippen molar-refractivity contribution in [3.63, 3.8) is 0 Å². The van der Waals surface area contributed by atoms with Crippen molar-refractivity contribution in [1.29, 1.82) is 0 Å². The predicted octanol–water partition coefficient (Wildman–Crippen LogP) is 4.49. The highest BCUT2D eigenvalue weighted by Gasteiger charge is 2.37. The highest BCUT2D eigenvalue weighted by Crippen LogP contribution is 2.35. The third-order valence-electron chi connectivity index (χ3n) is 6.60. The van der Waals surface area contributed by atoms with Crippen LogP contribution < -0.4 is 10.2 Å². The molecule has 29 heavy (non-hydrogen) atoms. The molecule has 1 atom stereocenters. The summed E-state index contributed by atoms with van der Waals surface area (Å²) >= 11 is 0. The Morgan fingerprint density at radius 2 is 2.07 bits per heavy atom. The molecule has 0 bridgehead atoms. The Bertz CT molecular complexity index is 801. The lowest BCUT2D eigenvalue weighted by atomic mass is 9.97. The molecule has 0 saturated carbocycles. The SMILES string of the molecule is CCN1c2cc(C(=O)NCCC3=CCCCC3)ccc2C(=O)N2CCCCC[C@H]21. The van der Waals surface area contributed by atoms with Crippen LogP contribution in [0.1, 0.15) is 85.4 Å². The minimum atomic E-state index is -0.0454. The van der Waals surface area contributed by atoms with Crippen molar-refractivity contribution < 1.29 is 9.59 Å². The van der Waals surface area contributed by atoms with E-state index in [2.05, 4.69) is 23.2 Å². The van der Waals surface area contributed by atoms with E-state index in [9.17, 15) is 9.59 Å². The van der Waals surface area contributed by atoms with Crippen LogP contribution in [-0.4, -0.2) is 42.5 Å². The van der Waals surface area contributed by atoms with Crippen LogP contribution in [0.5, 0.6) is 0 Å². The van der Waals surface area contributed by atoms with E-state index in [0.29, 0.717) is 12.1 Å². The van der Waals surface area contributed by atoms with Crippen molar-refractivity contribution in [2.75, 3.05) is 24.5 Å². The highest BCUT2D eigenvalue weighted by molar-refractivity contribution is 6.04. The first-order chi connectivity index (χ1) is 14.2. The second-order valence-electron chi connectivity index (χ2n) is 8.46. The molecule has 4 rings (SSSR count). The van der Waals surface area contributed by atoms with Crippen LogP contribution in [0.3, 0.4) is 0 Å². The van der Waals surface area contributed by atoms with Crippen LogP contribution >= 0.6 is 0 Å². The van der Waals surface area contributed by atoms with Gasteiger partial charge in [0.05, 0.1) is 11.3 Å². The Morgan fingerprint density at radius 1 is 1.17 bits per heavy atom. The van der Waals surface area contributed by atoms with Gasteiger partial charge in [0.1, 0.15) is 6.17 Å². The summed E-state index contributed by atoms with van der Waals surface area (Å²) in [4.78, 5) is 30.2. The fourth-order valence-corrected chi connectivity index (χ4v) is 5.01. The summed E-state index contributed by atoms with van der Waals surface area (Å²) in [6, 6.07) is 5.58. The summed E-state index contributed by atoms with van der Waals surface area (Å²) in [5.74, 6) is 0.0730. The Balaban J connectivity index is 1.49. The van der Waals surface area contributed by atoms with Crippen molar-refractivity contribution in [1.82, 2.24) is 10.2 Å². The zero-order chi connectivity index (χ0) is 20.2. The van der Waals surface area contributed by atoms with E-state index in [-0.39, 0.29) is 18.0 Å². The summed E-state index contributed by atoms with van der Waals surface area (Å²) in [5.41, 5.74) is 3.77. The number of nitrogens with zero attached hydrogens (tertiary/aromatic N) is 2. The number of amides is 2. The Labute approximate surface area is 174 Å². The average Bonchev–Trinajstić information content (AvgIpc) is 3.01. The Morgan fingerprint density at radius 3 is 2.86 bits per heavy atom. The molecule has 1 saturated heterocycles. The minimum absolute atomic E-state index is 0.0454. The van der Waals surface area contributed by atoms with Crippen molar-refractivity contribution in [2.24, 2.45) is 0 Å². The van der Waals surface area contributed by atoms with E-state index in [4.69, 9.17) is 0 Å². The first-order valence-electron chi connectivity index (χ1n) is 11.4. The zero-order valence-corrected chi connectivity index (χ0v) is 17.6. The fraction of sp³-hybridized carbons (Fsp3) is 0.583. The molecule has 1 fully saturated rings. The summed E-state index contributed by atoms with van der Waals surface area (Å²) in [6.07, 6.45) is 12.7. The first kappa shape index (κ1) is 20.0. The van der Waals surface area contributed by atoms with Gasteiger partial charge in [0.15, 0.2) is 0 Å². The van der Waals surface area contributed by atoms with Crippen molar-refractivity contribution >= 4 is 17.5 Å². The van der Waals surface area contributed by atoms with Crippen LogP contribution in [0.15, 0.2) is 29.8 Å². The monoisotopic (exact) mass is 395 g/mol. The summed E-state index contributed by atoms with van der Waals surface area (Å²) in [6.45, 7) is 4.47. The number of hydrogen-bond donors (Lipinski definition) is 1. The minimum Gasteiger partial charge on any atom is -0.352 e. The molecule has 1 aromatic rings. The number of hydrogen-bond acceptors (Lipinski definition) is 3. The molecule has 1 aromatic carbocycles. The van der Waals surface area contributed by atoms with E-state index in [1.54, 1.807) is 6.07 Å². The molecule has 0 spiro atoms. The van der Waals surface area contributed by atoms with Gasteiger partial charge < -0.3 is 15.1 Å². The number of fused-ring (bicyclic) bond motifs is 2. The van der Waals surface area contributed by atoms with Crippen molar-refractivity contribution in [3.8, 4) is 0 Å². The number of carbonyl (C=O) groups excluding carboxylic acids is 2. The third-order valence-corrected chi connectivity index (χ3v) is 6.60. The van der Waals surface area contributed by atoms with Gasteiger partial charge in [-0.15, -0.1) is 0 Å². The lowest BCUT2D eigenvalue weighted by Crippen LogP contribution is -2.55. The first-order valence-corrected chi connectivity index (χ1v) is 11.4. The molecular formula is C24H33N3O2. The molecule has 1 N–H and O–H groups in total. The molecule has 0 radical (unpaired) electrons. The van der Waals surface area contributed by atoms with E-state index in [1.807, 2.05) is 17.0 Å². The maximum atomic E-state index is 13.1. The smallest absolute Gasteiger partial charge is 0.257 e. The summed E-state index contributed by atoms with van der Waals surface area (Å²) in [5, 5.41) is 3.07. The summed E-state index contributed by atoms with van der Waals surface area (Å²) in [7, 11) is 0. The maximum absolute atomic E-state index is 13.1. The molecule has 0 unspecified atom stereocenters. The van der Waals surface area contributed by atoms with Crippen molar-refractivity contribution in [2.45, 2.75) is 70.9 Å². The molecule has 0 aromatic heterocycles. The topological polar surface area (TPSA) is 52.7 Å². The Kier molecular flexibility index (Phi) is 6.22. The molecule has 1 aliphatic carbocycles. The molecule has 3 aliphatic rings. The van der Waals surface area contributed by atoms with E-state index in [1.165, 1.54) is 37.7 Å². The van der Waals surface area contributed by atoms with Crippen molar-refractivity contribution in [3.05, 3.63) is 41.0 Å². The fourth-order valence-electron chi connectivity index (χ4n) is 5.01. The maximum Gasteiger partial charge on any atom is 0.257 e. The van der Waals surface area contributed by atoms with E-state index >= 15 is 0 Å². The van der Waals surface area contributed by atoms with Gasteiger partial charge in [-0.2, -0.15) is 0 Å². The standard InChI is InChI=1S/C24H33N3O2/c1-2-26-21-17-19(23(28)25-15-14-18-9-5-3-6-10-18)12-13-20(21)24(29)27-16-8-4-7-11-22(26)27/h9,12-13,17,22H,2-8,10-11,14-16H2,1H3,(H,25,28)/t22-/m0/s1. The lowest BCUT2D eigenvalue weighted by Gasteiger charge is -2.44. The van der Waals surface area contributed by atoms with Gasteiger partial charge in [-0.25, -0.2) is 0 Å². The van der Waals surface area contributed by atoms with Crippen LogP contribution in [0.4, 0.5) is 5.69 Å². The molecular weight excluding hydrogens is 362 g/mol. The molecule has 156 valence electrons. The number of carbonyl (C=O) groups is 2. The third kappa shape index (κ3) is 4.19. The molecule has 2 aliphatic heterocycles. The normalized spacial score (nSPS) is 21.8. The van der Waals surface area contributed by atoms with Crippen LogP contribution in [0.2, 0.25) is 0 Å². The van der Waals surface area contributed by atoms with Gasteiger partial charge in [-0.3, -0.25) is 9.59 Å². The Hall–Kier alpha value is -2.30. The molecule has 2 heterocycles. The van der Waals surface area contributed by atoms with Gasteiger partial charge in [0.25, 0.3) is 11.8 Å². The van der Waals surface area contributed by atoms with Gasteiger partial charge >= 0.3 is 0 Å². The van der Waals surface area contributed by atoms with Gasteiger partial charge in [-0.05, 0) is 76.5 Å². The second kappa shape index (κ2) is 9.02. The second-order valence-corrected chi connectivity index (χ2v) is 8.46. The number of anilines is 1. The lowest BCUT2D eigenvalue weighted by molar-refractivity contribution is 0.0656. The number of rotatable bonds is 5. The van der Waals surface area contributed by atoms with E-state index in [0.717, 1.165) is 50.0 Å². The van der Waals surface area contributed by atoms with Gasteiger partial charge in [0, 0.05) is 25.2 Å². The highest BCUT2D eigenvalue weighted by atomic mass is 16.2. The van der Waals surface area contributed by atoms with Gasteiger partial charge in [-0.1, -0.05) is 18.1 Å².